The van der Waals surface area contributed by atoms with Gasteiger partial charge in [-0.15, -0.1) is 11.3 Å². The molecule has 0 radical (unpaired) electrons. The number of carbonyl (C=O) groups excluding carboxylic acids is 1. The summed E-state index contributed by atoms with van der Waals surface area (Å²) >= 11 is 1.63. The molecule has 4 heterocycles. The fraction of sp³-hybridized carbons (Fsp3) is 0.286. The average Bonchev–Trinajstić information content (AvgIpc) is 3.38. The summed E-state index contributed by atoms with van der Waals surface area (Å²) in [5.41, 5.74) is 3.96. The minimum Gasteiger partial charge on any atom is -0.455 e. The molecule has 0 fully saturated rings. The first kappa shape index (κ1) is 24.9. The van der Waals surface area contributed by atoms with Crippen molar-refractivity contribution in [2.24, 2.45) is 0 Å². The fourth-order valence-electron chi connectivity index (χ4n) is 4.45. The number of thiophene rings is 1. The van der Waals surface area contributed by atoms with Gasteiger partial charge >= 0.3 is 0 Å². The van der Waals surface area contributed by atoms with Crippen LogP contribution in [0.15, 0.2) is 55.0 Å². The third-order valence-electron chi connectivity index (χ3n) is 6.37. The number of hydrogen-bond acceptors (Lipinski definition) is 8. The van der Waals surface area contributed by atoms with Gasteiger partial charge in [-0.05, 0) is 70.8 Å². The lowest BCUT2D eigenvalue weighted by Gasteiger charge is -2.21. The smallest absolute Gasteiger partial charge is 0.247 e. The van der Waals surface area contributed by atoms with Crippen molar-refractivity contribution in [3.8, 4) is 11.5 Å². The maximum absolute atomic E-state index is 12.9. The van der Waals surface area contributed by atoms with Crippen LogP contribution in [0.5, 0.6) is 11.5 Å². The highest BCUT2D eigenvalue weighted by atomic mass is 32.1. The van der Waals surface area contributed by atoms with Crippen molar-refractivity contribution in [2.45, 2.75) is 33.4 Å². The standard InChI is InChI=1S/C28H30N6O2S/c1-17-13-20(9-11-22(17)36-21-10-8-18(2)29-14-21)32-27-26-25-19(3)34(24(35)7-6-12-33(4)5)15-23(25)37-28(26)31-16-30-27/h6-11,13-14,16,19H,12,15H2,1-5H3,(H,30,31,32)/t19-/m1/s1. The molecule has 1 aliphatic heterocycles. The van der Waals surface area contributed by atoms with E-state index in [1.54, 1.807) is 29.9 Å². The number of pyridine rings is 1. The molecule has 1 aromatic carbocycles. The van der Waals surface area contributed by atoms with Gasteiger partial charge in [0.2, 0.25) is 5.91 Å². The maximum atomic E-state index is 12.9. The van der Waals surface area contributed by atoms with Crippen LogP contribution >= 0.6 is 11.3 Å². The zero-order chi connectivity index (χ0) is 26.1. The summed E-state index contributed by atoms with van der Waals surface area (Å²) in [6.07, 6.45) is 6.89. The normalized spacial score (nSPS) is 15.1. The lowest BCUT2D eigenvalue weighted by molar-refractivity contribution is -0.127. The number of ether oxygens (including phenoxy) is 1. The number of fused-ring (bicyclic) bond motifs is 3. The highest BCUT2D eigenvalue weighted by Crippen LogP contribution is 2.45. The van der Waals surface area contributed by atoms with Crippen LogP contribution in [-0.2, 0) is 11.3 Å². The van der Waals surface area contributed by atoms with Gasteiger partial charge in [-0.25, -0.2) is 9.97 Å². The molecular weight excluding hydrogens is 484 g/mol. The monoisotopic (exact) mass is 514 g/mol. The number of nitrogens with one attached hydrogen (secondary N) is 1. The second-order valence-corrected chi connectivity index (χ2v) is 10.6. The van der Waals surface area contributed by atoms with E-state index in [0.29, 0.717) is 12.3 Å². The van der Waals surface area contributed by atoms with Crippen molar-refractivity contribution < 1.29 is 9.53 Å². The SMILES string of the molecule is Cc1ccc(Oc2ccc(Nc3ncnc4sc5c(c34)[C@@H](C)N(C(=O)C=CCN(C)C)C5)cc2C)cn1. The van der Waals surface area contributed by atoms with E-state index in [2.05, 4.69) is 27.2 Å². The summed E-state index contributed by atoms with van der Waals surface area (Å²) in [6, 6.07) is 9.72. The van der Waals surface area contributed by atoms with Crippen molar-refractivity contribution in [1.29, 1.82) is 0 Å². The van der Waals surface area contributed by atoms with Gasteiger partial charge in [-0.3, -0.25) is 9.78 Å². The number of aryl methyl sites for hydroxylation is 2. The Hall–Kier alpha value is -3.82. The van der Waals surface area contributed by atoms with Gasteiger partial charge in [0, 0.05) is 34.4 Å². The molecule has 1 N–H and O–H groups in total. The zero-order valence-corrected chi connectivity index (χ0v) is 22.5. The zero-order valence-electron chi connectivity index (χ0n) is 21.6. The van der Waals surface area contributed by atoms with Crippen LogP contribution in [0.2, 0.25) is 0 Å². The van der Waals surface area contributed by atoms with E-state index in [4.69, 9.17) is 4.74 Å². The van der Waals surface area contributed by atoms with Crippen molar-refractivity contribution in [1.82, 2.24) is 24.8 Å². The summed E-state index contributed by atoms with van der Waals surface area (Å²) in [6.45, 7) is 7.34. The van der Waals surface area contributed by atoms with E-state index >= 15 is 0 Å². The molecule has 0 bridgehead atoms. The third kappa shape index (κ3) is 5.19. The van der Waals surface area contributed by atoms with E-state index in [-0.39, 0.29) is 11.9 Å². The molecule has 37 heavy (non-hydrogen) atoms. The van der Waals surface area contributed by atoms with Crippen LogP contribution < -0.4 is 10.1 Å². The fourth-order valence-corrected chi connectivity index (χ4v) is 5.68. The number of benzene rings is 1. The van der Waals surface area contributed by atoms with Crippen molar-refractivity contribution >= 4 is 39.0 Å². The summed E-state index contributed by atoms with van der Waals surface area (Å²) < 4.78 is 6.02. The first-order valence-corrected chi connectivity index (χ1v) is 13.0. The van der Waals surface area contributed by atoms with Crippen LogP contribution in [0.1, 0.15) is 34.7 Å². The molecule has 0 aliphatic carbocycles. The van der Waals surface area contributed by atoms with Crippen molar-refractivity contribution in [2.75, 3.05) is 26.0 Å². The minimum absolute atomic E-state index is 0.0206. The first-order chi connectivity index (χ1) is 17.8. The lowest BCUT2D eigenvalue weighted by Crippen LogP contribution is -2.26. The maximum Gasteiger partial charge on any atom is 0.247 e. The van der Waals surface area contributed by atoms with Gasteiger partial charge in [0.1, 0.15) is 28.5 Å². The van der Waals surface area contributed by atoms with Gasteiger partial charge in [0.15, 0.2) is 0 Å². The largest absolute Gasteiger partial charge is 0.455 e. The Morgan fingerprint density at radius 3 is 2.78 bits per heavy atom. The Morgan fingerprint density at radius 2 is 2.05 bits per heavy atom. The van der Waals surface area contributed by atoms with Crippen LogP contribution in [0.4, 0.5) is 11.5 Å². The number of hydrogen-bond donors (Lipinski definition) is 1. The molecule has 4 aromatic rings. The molecule has 0 spiro atoms. The average molecular weight is 515 g/mol. The van der Waals surface area contributed by atoms with E-state index in [1.807, 2.05) is 74.2 Å². The molecule has 0 saturated heterocycles. The second-order valence-electron chi connectivity index (χ2n) is 9.49. The summed E-state index contributed by atoms with van der Waals surface area (Å²) in [5, 5.41) is 4.46. The molecule has 1 aliphatic rings. The molecule has 8 nitrogen and oxygen atoms in total. The third-order valence-corrected chi connectivity index (χ3v) is 7.46. The number of carbonyl (C=O) groups is 1. The highest BCUT2D eigenvalue weighted by Gasteiger charge is 2.34. The van der Waals surface area contributed by atoms with E-state index in [9.17, 15) is 4.79 Å². The van der Waals surface area contributed by atoms with E-state index in [1.165, 1.54) is 0 Å². The summed E-state index contributed by atoms with van der Waals surface area (Å²) in [7, 11) is 3.96. The van der Waals surface area contributed by atoms with Crippen LogP contribution in [0, 0.1) is 13.8 Å². The van der Waals surface area contributed by atoms with Crippen LogP contribution in [0.25, 0.3) is 10.2 Å². The summed E-state index contributed by atoms with van der Waals surface area (Å²) in [4.78, 5) is 32.3. The van der Waals surface area contributed by atoms with Gasteiger partial charge in [-0.2, -0.15) is 0 Å². The Kier molecular flexibility index (Phi) is 6.90. The van der Waals surface area contributed by atoms with Gasteiger partial charge < -0.3 is 19.9 Å². The first-order valence-electron chi connectivity index (χ1n) is 12.2. The molecule has 5 rings (SSSR count). The lowest BCUT2D eigenvalue weighted by atomic mass is 10.1. The topological polar surface area (TPSA) is 83.5 Å². The quantitative estimate of drug-likeness (QED) is 0.314. The molecule has 1 atom stereocenters. The molecule has 1 amide bonds. The number of anilines is 2. The van der Waals surface area contributed by atoms with Crippen LogP contribution in [0.3, 0.4) is 0 Å². The Morgan fingerprint density at radius 1 is 1.22 bits per heavy atom. The second kappa shape index (κ2) is 10.3. The number of amides is 1. The molecule has 9 heteroatoms. The Balaban J connectivity index is 1.38. The molecular formula is C28H30N6O2S. The Labute approximate surface area is 220 Å². The predicted octanol–water partition coefficient (Wildman–Crippen LogP) is 5.76. The van der Waals surface area contributed by atoms with Gasteiger partial charge in [-0.1, -0.05) is 6.08 Å². The highest BCUT2D eigenvalue weighted by molar-refractivity contribution is 7.19. The summed E-state index contributed by atoms with van der Waals surface area (Å²) in [5.74, 6) is 2.23. The minimum atomic E-state index is -0.0626. The van der Waals surface area contributed by atoms with Crippen molar-refractivity contribution in [3.63, 3.8) is 0 Å². The van der Waals surface area contributed by atoms with Crippen molar-refractivity contribution in [3.05, 3.63) is 76.7 Å². The number of rotatable bonds is 7. The van der Waals surface area contributed by atoms with Gasteiger partial charge in [0.25, 0.3) is 0 Å². The number of likely N-dealkylation sites (N-methyl/N-ethyl adjacent to an activating group) is 1. The predicted molar refractivity (Wildman–Crippen MR) is 148 cm³/mol. The molecule has 0 unspecified atom stereocenters. The van der Waals surface area contributed by atoms with Gasteiger partial charge in [0.05, 0.1) is 24.2 Å². The number of aromatic nitrogens is 3. The molecule has 3 aromatic heterocycles. The molecule has 190 valence electrons. The van der Waals surface area contributed by atoms with E-state index < -0.39 is 0 Å². The van der Waals surface area contributed by atoms with Crippen LogP contribution in [-0.4, -0.2) is 51.3 Å². The number of nitrogens with zero attached hydrogens (tertiary/aromatic N) is 5. The Bertz CT molecular complexity index is 1480. The van der Waals surface area contributed by atoms with E-state index in [0.717, 1.165) is 55.7 Å². The molecule has 0 saturated carbocycles.